The lowest BCUT2D eigenvalue weighted by molar-refractivity contribution is -0.118. The summed E-state index contributed by atoms with van der Waals surface area (Å²) in [5, 5.41) is 0. The minimum atomic E-state index is -0.341. The number of carbonyl (C=O) groups is 1. The number of primary amides is 1. The molecule has 3 N–H and O–H groups in total. The Hall–Kier alpha value is -1.75. The van der Waals surface area contributed by atoms with Crippen molar-refractivity contribution in [2.75, 3.05) is 0 Å². The molecule has 15 heavy (non-hydrogen) atoms. The number of amides is 1. The normalized spacial score (nSPS) is 10.1. The second-order valence-electron chi connectivity index (χ2n) is 3.09. The van der Waals surface area contributed by atoms with Gasteiger partial charge in [-0.25, -0.2) is 0 Å². The highest BCUT2D eigenvalue weighted by atomic mass is 32.1. The van der Waals surface area contributed by atoms with Crippen LogP contribution in [0.15, 0.2) is 36.7 Å². The summed E-state index contributed by atoms with van der Waals surface area (Å²) in [4.78, 5) is 13.9. The Bertz CT molecular complexity index is 521. The monoisotopic (exact) mass is 221 g/mol. The molecule has 4 nitrogen and oxygen atoms in total. The first-order valence-corrected chi connectivity index (χ1v) is 5.28. The van der Waals surface area contributed by atoms with Crippen molar-refractivity contribution in [3.8, 4) is 0 Å². The average Bonchev–Trinajstić information content (AvgIpc) is 2.38. The van der Waals surface area contributed by atoms with Gasteiger partial charge in [0.2, 0.25) is 5.91 Å². The molecule has 0 atom stereocenters. The maximum absolute atomic E-state index is 10.8. The summed E-state index contributed by atoms with van der Waals surface area (Å²) in [7, 11) is 0. The van der Waals surface area contributed by atoms with Crippen LogP contribution in [0.1, 0.15) is 0 Å². The molecule has 0 unspecified atom stereocenters. The second-order valence-corrected chi connectivity index (χ2v) is 4.18. The Labute approximate surface area is 90.8 Å². The van der Waals surface area contributed by atoms with E-state index in [1.165, 1.54) is 11.5 Å². The number of nitrogens with zero attached hydrogens (tertiary/aromatic N) is 1. The first-order chi connectivity index (χ1) is 7.25. The molecule has 0 fully saturated rings. The third-order valence-electron chi connectivity index (χ3n) is 1.89. The zero-order valence-electron chi connectivity index (χ0n) is 8.01. The third kappa shape index (κ3) is 2.38. The van der Waals surface area contributed by atoms with Crippen LogP contribution in [0.4, 0.5) is 0 Å². The van der Waals surface area contributed by atoms with Gasteiger partial charge < -0.3 is 10.7 Å². The number of nitrogens with two attached hydrogens (primary N) is 1. The lowest BCUT2D eigenvalue weighted by atomic mass is 10.3. The number of aromatic nitrogens is 2. The van der Waals surface area contributed by atoms with Gasteiger partial charge in [0.05, 0.1) is 10.2 Å². The molecular weight excluding hydrogens is 210 g/mol. The maximum atomic E-state index is 10.8. The van der Waals surface area contributed by atoms with Crippen LogP contribution in [-0.2, 0) is 11.3 Å². The van der Waals surface area contributed by atoms with Gasteiger partial charge in [0, 0.05) is 12.4 Å². The van der Waals surface area contributed by atoms with Gasteiger partial charge in [-0.05, 0) is 12.1 Å². The van der Waals surface area contributed by atoms with E-state index in [4.69, 9.17) is 5.73 Å². The number of carbonyl (C=O) groups excluding carboxylic acids is 1. The summed E-state index contributed by atoms with van der Waals surface area (Å²) in [6.45, 7) is 0.206. The Morgan fingerprint density at radius 2 is 2.27 bits per heavy atom. The van der Waals surface area contributed by atoms with Gasteiger partial charge in [-0.2, -0.15) is 0 Å². The van der Waals surface area contributed by atoms with E-state index in [-0.39, 0.29) is 12.5 Å². The molecule has 5 heteroatoms. The van der Waals surface area contributed by atoms with Gasteiger partial charge in [-0.15, -0.1) is 0 Å². The number of fused-ring (bicyclic) bond motifs is 1. The Morgan fingerprint density at radius 3 is 3.07 bits per heavy atom. The van der Waals surface area contributed by atoms with E-state index in [9.17, 15) is 4.79 Å². The van der Waals surface area contributed by atoms with Gasteiger partial charge in [0.25, 0.3) is 0 Å². The van der Waals surface area contributed by atoms with Crippen LogP contribution < -0.4 is 5.73 Å². The lowest BCUT2D eigenvalue weighted by Gasteiger charge is -1.97. The molecule has 0 aliphatic carbocycles. The van der Waals surface area contributed by atoms with Crippen LogP contribution in [0.2, 0.25) is 0 Å². The Kier molecular flexibility index (Phi) is 2.73. The summed E-state index contributed by atoms with van der Waals surface area (Å²) >= 11 is 1.49. The average molecular weight is 221 g/mol. The van der Waals surface area contributed by atoms with E-state index in [2.05, 4.69) is 4.98 Å². The van der Waals surface area contributed by atoms with Crippen molar-refractivity contribution in [1.29, 1.82) is 0 Å². The van der Waals surface area contributed by atoms with E-state index < -0.39 is 0 Å². The van der Waals surface area contributed by atoms with Gasteiger partial charge >= 0.3 is 0 Å². The number of hydrogen-bond donors (Lipinski definition) is 2. The molecule has 2 rings (SSSR count). The first kappa shape index (κ1) is 9.79. The summed E-state index contributed by atoms with van der Waals surface area (Å²) in [6.07, 6.45) is 3.59. The minimum absolute atomic E-state index is 0.206. The molecule has 78 valence electrons. The molecule has 0 aliphatic rings. The molecule has 2 aromatic rings. The van der Waals surface area contributed by atoms with Gasteiger partial charge in [0.15, 0.2) is 0 Å². The fourth-order valence-electron chi connectivity index (χ4n) is 1.27. The number of para-hydroxylation sites is 1. The first-order valence-electron chi connectivity index (χ1n) is 4.51. The number of hydrogen-bond acceptors (Lipinski definition) is 2. The van der Waals surface area contributed by atoms with Gasteiger partial charge in [-0.3, -0.25) is 8.75 Å². The molecule has 1 amide bonds. The van der Waals surface area contributed by atoms with E-state index >= 15 is 0 Å². The fraction of sp³-hybridized carbons (Fsp3) is 0.100. The molecule has 0 bridgehead atoms. The van der Waals surface area contributed by atoms with Crippen LogP contribution in [0.3, 0.4) is 0 Å². The van der Waals surface area contributed by atoms with Crippen LogP contribution >= 0.6 is 11.5 Å². The summed E-state index contributed by atoms with van der Waals surface area (Å²) < 4.78 is 2.87. The SMILES string of the molecule is NC(=O)Cn1cc[nH]c2ccccc2s1. The Balaban J connectivity index is 2.56. The highest BCUT2D eigenvalue weighted by Crippen LogP contribution is 2.13. The molecule has 1 heterocycles. The third-order valence-corrected chi connectivity index (χ3v) is 2.93. The summed E-state index contributed by atoms with van der Waals surface area (Å²) in [5.41, 5.74) is 6.18. The molecule has 0 saturated heterocycles. The van der Waals surface area contributed by atoms with Gasteiger partial charge in [0.1, 0.15) is 6.54 Å². The Morgan fingerprint density at radius 1 is 1.47 bits per heavy atom. The number of rotatable bonds is 2. The predicted octanol–water partition coefficient (Wildman–Crippen LogP) is 1.64. The second kappa shape index (κ2) is 4.18. The molecule has 0 spiro atoms. The topological polar surface area (TPSA) is 63.8 Å². The van der Waals surface area contributed by atoms with Crippen molar-refractivity contribution < 1.29 is 4.79 Å². The van der Waals surface area contributed by atoms with E-state index in [1.54, 1.807) is 16.4 Å². The van der Waals surface area contributed by atoms with Crippen molar-refractivity contribution in [3.63, 3.8) is 0 Å². The molecule has 0 aliphatic heterocycles. The molecular formula is C10H11N3OS. The molecule has 0 saturated carbocycles. The zero-order valence-corrected chi connectivity index (χ0v) is 8.83. The number of aromatic amines is 1. The molecule has 0 radical (unpaired) electrons. The smallest absolute Gasteiger partial charge is 0.238 e. The zero-order chi connectivity index (χ0) is 10.7. The number of benzene rings is 1. The van der Waals surface area contributed by atoms with Crippen LogP contribution in [0.25, 0.3) is 10.2 Å². The lowest BCUT2D eigenvalue weighted by Crippen LogP contribution is -2.16. The summed E-state index contributed by atoms with van der Waals surface area (Å²) in [5.74, 6) is -0.341. The van der Waals surface area contributed by atoms with Crippen molar-refractivity contribution in [3.05, 3.63) is 36.7 Å². The minimum Gasteiger partial charge on any atom is -0.368 e. The summed E-state index contributed by atoms with van der Waals surface area (Å²) in [6, 6.07) is 7.90. The standard InChI is InChI=1S/C10H11N3OS/c11-10(14)7-13-6-5-12-8-3-1-2-4-9(8)15-13/h1-6,12H,7H2,(H2,11,14). The van der Waals surface area contributed by atoms with Crippen molar-refractivity contribution in [2.45, 2.75) is 6.54 Å². The number of H-pyrrole nitrogens is 1. The number of nitrogens with one attached hydrogen (secondary N) is 1. The van der Waals surface area contributed by atoms with E-state index in [1.807, 2.05) is 24.3 Å². The predicted molar refractivity (Wildman–Crippen MR) is 61.0 cm³/mol. The highest BCUT2D eigenvalue weighted by Gasteiger charge is 1.96. The van der Waals surface area contributed by atoms with Crippen molar-refractivity contribution in [1.82, 2.24) is 8.94 Å². The van der Waals surface area contributed by atoms with Gasteiger partial charge in [-0.1, -0.05) is 23.7 Å². The fourth-order valence-corrected chi connectivity index (χ4v) is 2.20. The van der Waals surface area contributed by atoms with Crippen molar-refractivity contribution >= 4 is 27.7 Å². The molecule has 1 aromatic carbocycles. The highest BCUT2D eigenvalue weighted by molar-refractivity contribution is 7.13. The van der Waals surface area contributed by atoms with Crippen molar-refractivity contribution in [2.24, 2.45) is 5.73 Å². The van der Waals surface area contributed by atoms with E-state index in [0.29, 0.717) is 0 Å². The van der Waals surface area contributed by atoms with E-state index in [0.717, 1.165) is 10.2 Å². The molecule has 1 aromatic heterocycles. The largest absolute Gasteiger partial charge is 0.368 e. The van der Waals surface area contributed by atoms with Crippen LogP contribution in [0, 0.1) is 0 Å². The van der Waals surface area contributed by atoms with Crippen LogP contribution in [-0.4, -0.2) is 14.8 Å². The van der Waals surface area contributed by atoms with Crippen LogP contribution in [0.5, 0.6) is 0 Å². The quantitative estimate of drug-likeness (QED) is 0.795. The maximum Gasteiger partial charge on any atom is 0.238 e.